The molecule has 0 bridgehead atoms. The lowest BCUT2D eigenvalue weighted by Crippen LogP contribution is -2.38. The molecule has 0 aliphatic carbocycles. The van der Waals surface area contributed by atoms with Crippen LogP contribution in [0.5, 0.6) is 5.75 Å². The highest BCUT2D eigenvalue weighted by atomic mass is 16.5. The number of rotatable bonds is 1. The van der Waals surface area contributed by atoms with Crippen LogP contribution in [0.2, 0.25) is 0 Å². The zero-order valence-corrected chi connectivity index (χ0v) is 14.0. The van der Waals surface area contributed by atoms with Gasteiger partial charge < -0.3 is 4.74 Å². The highest BCUT2D eigenvalue weighted by Gasteiger charge is 2.37. The van der Waals surface area contributed by atoms with E-state index in [9.17, 15) is 0 Å². The third kappa shape index (κ3) is 3.17. The summed E-state index contributed by atoms with van der Waals surface area (Å²) in [6.07, 6.45) is 0.832. The summed E-state index contributed by atoms with van der Waals surface area (Å²) in [6.45, 7) is 10.4. The minimum Gasteiger partial charge on any atom is -0.483 e. The lowest BCUT2D eigenvalue weighted by Gasteiger charge is -2.39. The molecule has 1 heteroatoms. The lowest BCUT2D eigenvalue weighted by atomic mass is 9.80. The Morgan fingerprint density at radius 1 is 1.22 bits per heavy atom. The van der Waals surface area contributed by atoms with E-state index in [0.29, 0.717) is 0 Å². The fraction of sp³-hybridized carbons (Fsp3) is 0.273. The predicted molar refractivity (Wildman–Crippen MR) is 95.7 cm³/mol. The highest BCUT2D eigenvalue weighted by Crippen LogP contribution is 2.43. The molecule has 2 aromatic carbocycles. The zero-order valence-electron chi connectivity index (χ0n) is 14.0. The molecule has 0 saturated heterocycles. The van der Waals surface area contributed by atoms with Gasteiger partial charge in [-0.1, -0.05) is 54.3 Å². The Morgan fingerprint density at radius 3 is 2.65 bits per heavy atom. The minimum absolute atomic E-state index is 0.153. The van der Waals surface area contributed by atoms with E-state index in [1.807, 2.05) is 37.3 Å². The van der Waals surface area contributed by atoms with Crippen LogP contribution < -0.4 is 4.74 Å². The average molecular weight is 302 g/mol. The minimum atomic E-state index is -0.363. The first-order chi connectivity index (χ1) is 11.0. The van der Waals surface area contributed by atoms with Crippen molar-refractivity contribution in [1.29, 1.82) is 0 Å². The van der Waals surface area contributed by atoms with E-state index in [4.69, 9.17) is 4.74 Å². The molecule has 2 aromatic rings. The molecule has 0 N–H and O–H groups in total. The van der Waals surface area contributed by atoms with E-state index < -0.39 is 0 Å². The summed E-state index contributed by atoms with van der Waals surface area (Å²) in [5.74, 6) is 7.86. The van der Waals surface area contributed by atoms with Gasteiger partial charge in [-0.05, 0) is 44.5 Å². The molecule has 116 valence electrons. The molecular weight excluding hydrogens is 280 g/mol. The quantitative estimate of drug-likeness (QED) is 0.516. The molecule has 1 heterocycles. The van der Waals surface area contributed by atoms with Gasteiger partial charge >= 0.3 is 0 Å². The number of fused-ring (bicyclic) bond motifs is 1. The SMILES string of the molecule is C=C(C)[C@]1(C)C[C@H](C#Cc2ccccc2)c2cc(C)ccc2O1. The maximum atomic E-state index is 6.25. The molecule has 1 nitrogen and oxygen atoms in total. The molecule has 23 heavy (non-hydrogen) atoms. The van der Waals surface area contributed by atoms with E-state index in [1.54, 1.807) is 0 Å². The van der Waals surface area contributed by atoms with Crippen molar-refractivity contribution >= 4 is 0 Å². The van der Waals surface area contributed by atoms with Crippen molar-refractivity contribution in [2.75, 3.05) is 0 Å². The normalized spacial score (nSPS) is 22.3. The Kier molecular flexibility index (Phi) is 4.01. The van der Waals surface area contributed by atoms with Gasteiger partial charge in [-0.3, -0.25) is 0 Å². The third-order valence-electron chi connectivity index (χ3n) is 4.54. The van der Waals surface area contributed by atoms with Gasteiger partial charge in [0.05, 0.1) is 5.92 Å². The molecule has 1 aliphatic heterocycles. The number of ether oxygens (including phenoxy) is 1. The first-order valence-electron chi connectivity index (χ1n) is 8.00. The van der Waals surface area contributed by atoms with Gasteiger partial charge in [0.15, 0.2) is 0 Å². The monoisotopic (exact) mass is 302 g/mol. The van der Waals surface area contributed by atoms with Crippen LogP contribution in [-0.4, -0.2) is 5.60 Å². The molecule has 0 saturated carbocycles. The summed E-state index contributed by atoms with van der Waals surface area (Å²) in [4.78, 5) is 0. The Bertz CT molecular complexity index is 792. The topological polar surface area (TPSA) is 9.23 Å². The smallest absolute Gasteiger partial charge is 0.128 e. The number of aryl methyl sites for hydroxylation is 1. The Balaban J connectivity index is 2.03. The maximum Gasteiger partial charge on any atom is 0.128 e. The van der Waals surface area contributed by atoms with Crippen LogP contribution in [0, 0.1) is 18.8 Å². The summed E-state index contributed by atoms with van der Waals surface area (Å²) in [5, 5.41) is 0. The van der Waals surface area contributed by atoms with E-state index in [0.717, 1.165) is 23.3 Å². The highest BCUT2D eigenvalue weighted by molar-refractivity contribution is 5.48. The van der Waals surface area contributed by atoms with E-state index >= 15 is 0 Å². The number of benzene rings is 2. The molecule has 0 aromatic heterocycles. The molecule has 0 fully saturated rings. The molecular formula is C22H22O. The molecule has 0 amide bonds. The lowest BCUT2D eigenvalue weighted by molar-refractivity contribution is 0.0971. The fourth-order valence-corrected chi connectivity index (χ4v) is 2.90. The van der Waals surface area contributed by atoms with Crippen molar-refractivity contribution in [3.63, 3.8) is 0 Å². The van der Waals surface area contributed by atoms with Crippen molar-refractivity contribution in [2.24, 2.45) is 0 Å². The van der Waals surface area contributed by atoms with Gasteiger partial charge in [-0.2, -0.15) is 0 Å². The van der Waals surface area contributed by atoms with E-state index in [2.05, 4.69) is 50.5 Å². The Morgan fingerprint density at radius 2 is 1.96 bits per heavy atom. The van der Waals surface area contributed by atoms with Crippen LogP contribution in [0.3, 0.4) is 0 Å². The average Bonchev–Trinajstić information content (AvgIpc) is 2.54. The maximum absolute atomic E-state index is 6.25. The molecule has 0 spiro atoms. The summed E-state index contributed by atoms with van der Waals surface area (Å²) in [6, 6.07) is 16.5. The fourth-order valence-electron chi connectivity index (χ4n) is 2.90. The van der Waals surface area contributed by atoms with Crippen molar-refractivity contribution in [1.82, 2.24) is 0 Å². The summed E-state index contributed by atoms with van der Waals surface area (Å²) < 4.78 is 6.25. The second-order valence-electron chi connectivity index (χ2n) is 6.55. The Hall–Kier alpha value is -2.46. The van der Waals surface area contributed by atoms with Crippen LogP contribution in [-0.2, 0) is 0 Å². The van der Waals surface area contributed by atoms with Crippen LogP contribution >= 0.6 is 0 Å². The van der Waals surface area contributed by atoms with E-state index in [1.165, 1.54) is 11.1 Å². The van der Waals surface area contributed by atoms with Crippen LogP contribution in [0.1, 0.15) is 42.9 Å². The van der Waals surface area contributed by atoms with Gasteiger partial charge in [-0.25, -0.2) is 0 Å². The molecule has 0 radical (unpaired) electrons. The van der Waals surface area contributed by atoms with Crippen molar-refractivity contribution in [3.05, 3.63) is 77.4 Å². The first kappa shape index (κ1) is 15.4. The second-order valence-corrected chi connectivity index (χ2v) is 6.55. The Labute approximate surface area is 139 Å². The predicted octanol–water partition coefficient (Wildman–Crippen LogP) is 5.25. The van der Waals surface area contributed by atoms with Crippen molar-refractivity contribution in [2.45, 2.75) is 38.7 Å². The molecule has 3 rings (SSSR count). The van der Waals surface area contributed by atoms with Gasteiger partial charge in [0.1, 0.15) is 11.4 Å². The summed E-state index contributed by atoms with van der Waals surface area (Å²) >= 11 is 0. The third-order valence-corrected chi connectivity index (χ3v) is 4.54. The second kappa shape index (κ2) is 5.97. The van der Waals surface area contributed by atoms with Crippen LogP contribution in [0.25, 0.3) is 0 Å². The van der Waals surface area contributed by atoms with Crippen LogP contribution in [0.15, 0.2) is 60.7 Å². The molecule has 1 aliphatic rings. The molecule has 0 unspecified atom stereocenters. The van der Waals surface area contributed by atoms with Crippen molar-refractivity contribution in [3.8, 4) is 17.6 Å². The summed E-state index contributed by atoms with van der Waals surface area (Å²) in [7, 11) is 0. The van der Waals surface area contributed by atoms with Gasteiger partial charge in [0, 0.05) is 17.5 Å². The number of hydrogen-bond donors (Lipinski definition) is 0. The first-order valence-corrected chi connectivity index (χ1v) is 8.00. The molecule has 2 atom stereocenters. The van der Waals surface area contributed by atoms with Gasteiger partial charge in [-0.15, -0.1) is 0 Å². The number of hydrogen-bond acceptors (Lipinski definition) is 1. The summed E-state index contributed by atoms with van der Waals surface area (Å²) in [5.41, 5.74) is 4.14. The largest absolute Gasteiger partial charge is 0.483 e. The standard InChI is InChI=1S/C22H22O/c1-16(2)22(4)15-19(12-11-18-8-6-5-7-9-18)20-14-17(3)10-13-21(20)23-22/h5-10,13-14,19H,1,15H2,2-4H3/t19-,22-/m0/s1. The van der Waals surface area contributed by atoms with Gasteiger partial charge in [0.2, 0.25) is 0 Å². The van der Waals surface area contributed by atoms with Crippen molar-refractivity contribution < 1.29 is 4.74 Å². The van der Waals surface area contributed by atoms with Crippen LogP contribution in [0.4, 0.5) is 0 Å². The van der Waals surface area contributed by atoms with Gasteiger partial charge in [0.25, 0.3) is 0 Å². The zero-order chi connectivity index (χ0) is 16.4. The van der Waals surface area contributed by atoms with E-state index in [-0.39, 0.29) is 11.5 Å².